The number of ether oxygens (including phenoxy) is 1. The Labute approximate surface area is 204 Å². The number of hydrogen-bond acceptors (Lipinski definition) is 5. The summed E-state index contributed by atoms with van der Waals surface area (Å²) >= 11 is 1.71. The van der Waals surface area contributed by atoms with E-state index in [2.05, 4.69) is 43.5 Å². The Morgan fingerprint density at radius 2 is 1.62 bits per heavy atom. The summed E-state index contributed by atoms with van der Waals surface area (Å²) in [5, 5.41) is 14.4. The lowest BCUT2D eigenvalue weighted by atomic mass is 9.98. The lowest BCUT2D eigenvalue weighted by Gasteiger charge is -2.20. The van der Waals surface area contributed by atoms with Gasteiger partial charge in [-0.3, -0.25) is 9.59 Å². The molecule has 3 rings (SSSR count). The highest BCUT2D eigenvalue weighted by Gasteiger charge is 2.30. The van der Waals surface area contributed by atoms with Crippen LogP contribution in [0.3, 0.4) is 0 Å². The van der Waals surface area contributed by atoms with Gasteiger partial charge in [0.15, 0.2) is 0 Å². The summed E-state index contributed by atoms with van der Waals surface area (Å²) < 4.78 is 5.59. The number of carboxylic acid groups (broad SMARTS) is 1. The minimum Gasteiger partial charge on any atom is -0.481 e. The molecule has 8 heteroatoms. The molecule has 1 aliphatic rings. The first kappa shape index (κ1) is 25.6. The predicted molar refractivity (Wildman–Crippen MR) is 134 cm³/mol. The van der Waals surface area contributed by atoms with Gasteiger partial charge in [0.05, 0.1) is 0 Å². The van der Waals surface area contributed by atoms with E-state index in [1.54, 1.807) is 11.8 Å². The van der Waals surface area contributed by atoms with Gasteiger partial charge < -0.3 is 20.5 Å². The highest BCUT2D eigenvalue weighted by molar-refractivity contribution is 8.00. The van der Waals surface area contributed by atoms with Gasteiger partial charge >= 0.3 is 12.1 Å². The van der Waals surface area contributed by atoms with Crippen LogP contribution in [0.5, 0.6) is 0 Å². The molecule has 0 saturated heterocycles. The third kappa shape index (κ3) is 7.00. The summed E-state index contributed by atoms with van der Waals surface area (Å²) in [6.45, 7) is 6.82. The lowest BCUT2D eigenvalue weighted by Crippen LogP contribution is -2.47. The van der Waals surface area contributed by atoms with Crippen LogP contribution in [0.2, 0.25) is 0 Å². The van der Waals surface area contributed by atoms with Crippen molar-refractivity contribution < 1.29 is 24.2 Å². The molecule has 0 aromatic heterocycles. The second-order valence-corrected chi connectivity index (χ2v) is 11.1. The first-order chi connectivity index (χ1) is 16.2. The molecule has 2 amide bonds. The van der Waals surface area contributed by atoms with Gasteiger partial charge in [-0.15, -0.1) is 0 Å². The predicted octanol–water partition coefficient (Wildman–Crippen LogP) is 4.41. The van der Waals surface area contributed by atoms with Crippen LogP contribution in [0.15, 0.2) is 48.5 Å². The van der Waals surface area contributed by atoms with Crippen LogP contribution < -0.4 is 10.6 Å². The molecule has 0 spiro atoms. The van der Waals surface area contributed by atoms with E-state index < -0.39 is 24.0 Å². The molecule has 0 radical (unpaired) electrons. The number of nitrogens with one attached hydrogen (secondary N) is 2. The second kappa shape index (κ2) is 11.4. The van der Waals surface area contributed by atoms with Crippen molar-refractivity contribution in [3.8, 4) is 11.1 Å². The molecular formula is C26H32N2O5S. The molecule has 7 nitrogen and oxygen atoms in total. The molecule has 1 atom stereocenters. The minimum absolute atomic E-state index is 0.0161. The number of carbonyl (C=O) groups is 3. The van der Waals surface area contributed by atoms with E-state index >= 15 is 0 Å². The molecule has 0 heterocycles. The fourth-order valence-corrected chi connectivity index (χ4v) is 4.79. The van der Waals surface area contributed by atoms with Crippen molar-refractivity contribution in [2.45, 2.75) is 50.3 Å². The number of aliphatic carboxylic acids is 1. The summed E-state index contributed by atoms with van der Waals surface area (Å²) in [4.78, 5) is 36.2. The van der Waals surface area contributed by atoms with E-state index in [0.29, 0.717) is 12.3 Å². The van der Waals surface area contributed by atoms with Gasteiger partial charge in [-0.1, -0.05) is 69.3 Å². The molecule has 2 aromatic carbocycles. The van der Waals surface area contributed by atoms with Gasteiger partial charge in [0.2, 0.25) is 5.91 Å². The SMILES string of the molecule is CC(C)(C)SCCNC(=O)C(CCC(=O)O)NC(=O)OCC1c2ccccc2-c2ccccc21. The van der Waals surface area contributed by atoms with Gasteiger partial charge in [-0.2, -0.15) is 11.8 Å². The van der Waals surface area contributed by atoms with E-state index in [9.17, 15) is 14.4 Å². The van der Waals surface area contributed by atoms with Crippen molar-refractivity contribution in [1.29, 1.82) is 0 Å². The summed E-state index contributed by atoms with van der Waals surface area (Å²) in [6, 6.07) is 15.1. The molecule has 182 valence electrons. The van der Waals surface area contributed by atoms with Crippen LogP contribution in [0.4, 0.5) is 4.79 Å². The highest BCUT2D eigenvalue weighted by Crippen LogP contribution is 2.44. The number of thioether (sulfide) groups is 1. The van der Waals surface area contributed by atoms with Crippen molar-refractivity contribution >= 4 is 29.7 Å². The Morgan fingerprint density at radius 1 is 1.03 bits per heavy atom. The summed E-state index contributed by atoms with van der Waals surface area (Å²) in [5.41, 5.74) is 4.43. The van der Waals surface area contributed by atoms with Crippen LogP contribution >= 0.6 is 11.8 Å². The topological polar surface area (TPSA) is 105 Å². The fraction of sp³-hybridized carbons (Fsp3) is 0.423. The smallest absolute Gasteiger partial charge is 0.407 e. The zero-order chi connectivity index (χ0) is 24.7. The summed E-state index contributed by atoms with van der Waals surface area (Å²) in [7, 11) is 0. The molecule has 0 bridgehead atoms. The van der Waals surface area contributed by atoms with Crippen LogP contribution in [0.25, 0.3) is 11.1 Å². The molecule has 34 heavy (non-hydrogen) atoms. The van der Waals surface area contributed by atoms with Crippen molar-refractivity contribution in [3.63, 3.8) is 0 Å². The molecule has 3 N–H and O–H groups in total. The first-order valence-corrected chi connectivity index (χ1v) is 12.4. The van der Waals surface area contributed by atoms with Gasteiger partial charge in [0.25, 0.3) is 0 Å². The number of amides is 2. The molecule has 1 unspecified atom stereocenters. The van der Waals surface area contributed by atoms with Gasteiger partial charge in [-0.05, 0) is 28.7 Å². The average Bonchev–Trinajstić information content (AvgIpc) is 3.11. The zero-order valence-electron chi connectivity index (χ0n) is 19.8. The fourth-order valence-electron chi connectivity index (χ4n) is 3.97. The maximum atomic E-state index is 12.6. The number of carbonyl (C=O) groups excluding carboxylic acids is 2. The Morgan fingerprint density at radius 3 is 2.18 bits per heavy atom. The van der Waals surface area contributed by atoms with Crippen molar-refractivity contribution in [1.82, 2.24) is 10.6 Å². The molecule has 1 aliphatic carbocycles. The average molecular weight is 485 g/mol. The van der Waals surface area contributed by atoms with Crippen molar-refractivity contribution in [2.24, 2.45) is 0 Å². The third-order valence-corrected chi connectivity index (χ3v) is 6.81. The zero-order valence-corrected chi connectivity index (χ0v) is 20.6. The monoisotopic (exact) mass is 484 g/mol. The molecule has 2 aromatic rings. The third-order valence-electron chi connectivity index (χ3n) is 5.54. The van der Waals surface area contributed by atoms with Gasteiger partial charge in [0.1, 0.15) is 12.6 Å². The standard InChI is InChI=1S/C26H32N2O5S/c1-26(2,3)34-15-14-27-24(31)22(12-13-23(29)30)28-25(32)33-16-21-19-10-6-4-8-17(19)18-9-5-7-11-20(18)21/h4-11,21-22H,12-16H2,1-3H3,(H,27,31)(H,28,32)(H,29,30). The Balaban J connectivity index is 1.59. The van der Waals surface area contributed by atoms with Crippen molar-refractivity contribution in [2.75, 3.05) is 18.9 Å². The number of rotatable bonds is 10. The Kier molecular flexibility index (Phi) is 8.61. The molecule has 0 aliphatic heterocycles. The minimum atomic E-state index is -1.03. The van der Waals surface area contributed by atoms with E-state index in [4.69, 9.17) is 9.84 Å². The molecule has 0 saturated carbocycles. The van der Waals surface area contributed by atoms with Crippen molar-refractivity contribution in [3.05, 3.63) is 59.7 Å². The van der Waals surface area contributed by atoms with E-state index in [-0.39, 0.29) is 30.1 Å². The van der Waals surface area contributed by atoms with E-state index in [0.717, 1.165) is 22.3 Å². The Bertz CT molecular complexity index is 988. The molecule has 0 fully saturated rings. The highest BCUT2D eigenvalue weighted by atomic mass is 32.2. The second-order valence-electron chi connectivity index (χ2n) is 9.21. The van der Waals surface area contributed by atoms with Crippen LogP contribution in [0.1, 0.15) is 50.7 Å². The number of fused-ring (bicyclic) bond motifs is 3. The lowest BCUT2D eigenvalue weighted by molar-refractivity contribution is -0.137. The first-order valence-electron chi connectivity index (χ1n) is 11.4. The maximum Gasteiger partial charge on any atom is 0.407 e. The summed E-state index contributed by atoms with van der Waals surface area (Å²) in [6.07, 6.45) is -0.993. The largest absolute Gasteiger partial charge is 0.481 e. The van der Waals surface area contributed by atoms with Crippen LogP contribution in [0, 0.1) is 0 Å². The normalized spacial score (nSPS) is 13.5. The number of hydrogen-bond donors (Lipinski definition) is 3. The number of carboxylic acids is 1. The maximum absolute atomic E-state index is 12.6. The summed E-state index contributed by atoms with van der Waals surface area (Å²) in [5.74, 6) is -0.829. The quantitative estimate of drug-likeness (QED) is 0.432. The van der Waals surface area contributed by atoms with E-state index in [1.165, 1.54) is 0 Å². The Hall–Kier alpha value is -3.00. The van der Waals surface area contributed by atoms with Gasteiger partial charge in [0, 0.05) is 29.4 Å². The molecular weight excluding hydrogens is 452 g/mol. The number of benzene rings is 2. The van der Waals surface area contributed by atoms with Gasteiger partial charge in [-0.25, -0.2) is 4.79 Å². The number of alkyl carbamates (subject to hydrolysis) is 1. The van der Waals surface area contributed by atoms with E-state index in [1.807, 2.05) is 36.4 Å². The van der Waals surface area contributed by atoms with Crippen LogP contribution in [-0.4, -0.2) is 52.8 Å². The van der Waals surface area contributed by atoms with Crippen LogP contribution in [-0.2, 0) is 14.3 Å².